The molecule has 3 heteroatoms. The molecular formula is C17H18ClNO. The second-order valence-corrected chi connectivity index (χ2v) is 5.18. The van der Waals surface area contributed by atoms with E-state index in [2.05, 4.69) is 24.4 Å². The quantitative estimate of drug-likeness (QED) is 0.836. The number of rotatable bonds is 5. The van der Waals surface area contributed by atoms with Crippen molar-refractivity contribution in [3.05, 3.63) is 71.3 Å². The van der Waals surface area contributed by atoms with Crippen molar-refractivity contribution < 1.29 is 4.79 Å². The molecule has 0 saturated carbocycles. The van der Waals surface area contributed by atoms with Crippen LogP contribution in [-0.2, 0) is 11.2 Å². The second kappa shape index (κ2) is 7.11. The lowest BCUT2D eigenvalue weighted by Gasteiger charge is -2.11. The van der Waals surface area contributed by atoms with Gasteiger partial charge in [0.05, 0.1) is 0 Å². The Labute approximate surface area is 124 Å². The highest BCUT2D eigenvalue weighted by Crippen LogP contribution is 2.19. The molecule has 2 rings (SSSR count). The van der Waals surface area contributed by atoms with Gasteiger partial charge >= 0.3 is 0 Å². The molecule has 0 fully saturated rings. The van der Waals surface area contributed by atoms with E-state index >= 15 is 0 Å². The van der Waals surface area contributed by atoms with Crippen molar-refractivity contribution in [2.45, 2.75) is 18.7 Å². The number of carbonyl (C=O) groups is 1. The first-order chi connectivity index (χ1) is 9.68. The molecule has 0 aliphatic rings. The van der Waals surface area contributed by atoms with Gasteiger partial charge in [0, 0.05) is 6.54 Å². The SMILES string of the molecule is Cc1ccccc1CCNC(=O)C(Cl)c1ccccc1. The molecule has 104 valence electrons. The molecule has 1 amide bonds. The van der Waals surface area contributed by atoms with E-state index in [9.17, 15) is 4.79 Å². The molecule has 0 heterocycles. The van der Waals surface area contributed by atoms with Crippen LogP contribution in [-0.4, -0.2) is 12.5 Å². The predicted molar refractivity (Wildman–Crippen MR) is 82.9 cm³/mol. The van der Waals surface area contributed by atoms with Crippen LogP contribution >= 0.6 is 11.6 Å². The van der Waals surface area contributed by atoms with Gasteiger partial charge in [0.2, 0.25) is 5.91 Å². The van der Waals surface area contributed by atoms with Gasteiger partial charge in [-0.1, -0.05) is 54.6 Å². The average molecular weight is 288 g/mol. The largest absolute Gasteiger partial charge is 0.354 e. The van der Waals surface area contributed by atoms with Crippen molar-refractivity contribution in [1.29, 1.82) is 0 Å². The highest BCUT2D eigenvalue weighted by Gasteiger charge is 2.16. The number of halogens is 1. The fourth-order valence-corrected chi connectivity index (χ4v) is 2.30. The topological polar surface area (TPSA) is 29.1 Å². The molecule has 0 saturated heterocycles. The zero-order chi connectivity index (χ0) is 14.4. The van der Waals surface area contributed by atoms with Crippen molar-refractivity contribution in [2.24, 2.45) is 0 Å². The summed E-state index contributed by atoms with van der Waals surface area (Å²) in [5.74, 6) is -0.147. The van der Waals surface area contributed by atoms with Gasteiger partial charge in [-0.15, -0.1) is 11.6 Å². The summed E-state index contributed by atoms with van der Waals surface area (Å²) < 4.78 is 0. The lowest BCUT2D eigenvalue weighted by atomic mass is 10.1. The van der Waals surface area contributed by atoms with Crippen molar-refractivity contribution in [3.63, 3.8) is 0 Å². The zero-order valence-corrected chi connectivity index (χ0v) is 12.2. The summed E-state index contributed by atoms with van der Waals surface area (Å²) in [6.45, 7) is 2.67. The van der Waals surface area contributed by atoms with E-state index in [0.717, 1.165) is 12.0 Å². The molecule has 1 N–H and O–H groups in total. The summed E-state index contributed by atoms with van der Waals surface area (Å²) in [5.41, 5.74) is 3.31. The van der Waals surface area contributed by atoms with Crippen LogP contribution in [0, 0.1) is 6.92 Å². The van der Waals surface area contributed by atoms with Crippen LogP contribution in [0.25, 0.3) is 0 Å². The number of hydrogen-bond donors (Lipinski definition) is 1. The molecule has 2 aromatic rings. The lowest BCUT2D eigenvalue weighted by molar-refractivity contribution is -0.120. The van der Waals surface area contributed by atoms with Crippen molar-refractivity contribution >= 4 is 17.5 Å². The Morgan fingerprint density at radius 2 is 1.75 bits per heavy atom. The summed E-state index contributed by atoms with van der Waals surface area (Å²) in [6, 6.07) is 17.6. The van der Waals surface area contributed by atoms with Gasteiger partial charge < -0.3 is 5.32 Å². The number of carbonyl (C=O) groups excluding carboxylic acids is 1. The molecule has 20 heavy (non-hydrogen) atoms. The van der Waals surface area contributed by atoms with Gasteiger partial charge in [0.25, 0.3) is 0 Å². The molecular weight excluding hydrogens is 270 g/mol. The Balaban J connectivity index is 1.85. The number of amides is 1. The molecule has 0 aliphatic carbocycles. The fraction of sp³-hybridized carbons (Fsp3) is 0.235. The van der Waals surface area contributed by atoms with E-state index in [4.69, 9.17) is 11.6 Å². The third-order valence-corrected chi connectivity index (χ3v) is 3.73. The van der Waals surface area contributed by atoms with Gasteiger partial charge in [0.1, 0.15) is 5.38 Å². The zero-order valence-electron chi connectivity index (χ0n) is 11.5. The van der Waals surface area contributed by atoms with Crippen LogP contribution in [0.2, 0.25) is 0 Å². The van der Waals surface area contributed by atoms with Gasteiger partial charge in [-0.2, -0.15) is 0 Å². The highest BCUT2D eigenvalue weighted by molar-refractivity contribution is 6.30. The number of hydrogen-bond acceptors (Lipinski definition) is 1. The molecule has 0 spiro atoms. The summed E-state index contributed by atoms with van der Waals surface area (Å²) in [4.78, 5) is 12.0. The maximum atomic E-state index is 12.0. The third kappa shape index (κ3) is 3.84. The minimum atomic E-state index is -0.631. The molecule has 2 aromatic carbocycles. The molecule has 0 bridgehead atoms. The summed E-state index contributed by atoms with van der Waals surface area (Å²) >= 11 is 6.16. The molecule has 0 radical (unpaired) electrons. The Morgan fingerprint density at radius 3 is 2.45 bits per heavy atom. The van der Waals surface area contributed by atoms with Gasteiger partial charge in [-0.25, -0.2) is 0 Å². The van der Waals surface area contributed by atoms with E-state index in [1.807, 2.05) is 42.5 Å². The number of benzene rings is 2. The van der Waals surface area contributed by atoms with Crippen molar-refractivity contribution in [3.8, 4) is 0 Å². The van der Waals surface area contributed by atoms with E-state index in [1.54, 1.807) is 0 Å². The van der Waals surface area contributed by atoms with E-state index in [1.165, 1.54) is 11.1 Å². The Morgan fingerprint density at radius 1 is 1.10 bits per heavy atom. The fourth-order valence-electron chi connectivity index (χ4n) is 2.07. The Bertz CT molecular complexity index is 568. The molecule has 1 unspecified atom stereocenters. The van der Waals surface area contributed by atoms with Crippen LogP contribution in [0.3, 0.4) is 0 Å². The van der Waals surface area contributed by atoms with E-state index in [0.29, 0.717) is 6.54 Å². The highest BCUT2D eigenvalue weighted by atomic mass is 35.5. The Kier molecular flexibility index (Phi) is 5.19. The standard InChI is InChI=1S/C17H18ClNO/c1-13-7-5-6-8-14(13)11-12-19-17(20)16(18)15-9-3-2-4-10-15/h2-10,16H,11-12H2,1H3,(H,19,20). The monoisotopic (exact) mass is 287 g/mol. The first-order valence-electron chi connectivity index (χ1n) is 6.69. The van der Waals surface area contributed by atoms with E-state index < -0.39 is 5.38 Å². The minimum Gasteiger partial charge on any atom is -0.354 e. The number of aryl methyl sites for hydroxylation is 1. The van der Waals surface area contributed by atoms with Crippen LogP contribution in [0.5, 0.6) is 0 Å². The van der Waals surface area contributed by atoms with Gasteiger partial charge in [-0.3, -0.25) is 4.79 Å². The van der Waals surface area contributed by atoms with Crippen LogP contribution in [0.1, 0.15) is 22.1 Å². The maximum Gasteiger partial charge on any atom is 0.242 e. The second-order valence-electron chi connectivity index (χ2n) is 4.74. The van der Waals surface area contributed by atoms with Gasteiger partial charge in [0.15, 0.2) is 0 Å². The molecule has 0 aliphatic heterocycles. The molecule has 2 nitrogen and oxygen atoms in total. The van der Waals surface area contributed by atoms with Crippen molar-refractivity contribution in [1.82, 2.24) is 5.32 Å². The summed E-state index contributed by atoms with van der Waals surface area (Å²) in [6.07, 6.45) is 0.816. The molecule has 0 aromatic heterocycles. The van der Waals surface area contributed by atoms with Gasteiger partial charge in [-0.05, 0) is 30.0 Å². The van der Waals surface area contributed by atoms with E-state index in [-0.39, 0.29) is 5.91 Å². The molecule has 1 atom stereocenters. The third-order valence-electron chi connectivity index (χ3n) is 3.28. The number of alkyl halides is 1. The average Bonchev–Trinajstić information content (AvgIpc) is 2.49. The maximum absolute atomic E-state index is 12.0. The lowest BCUT2D eigenvalue weighted by Crippen LogP contribution is -2.29. The van der Waals surface area contributed by atoms with Crippen molar-refractivity contribution in [2.75, 3.05) is 6.54 Å². The summed E-state index contributed by atoms with van der Waals surface area (Å²) in [7, 11) is 0. The first kappa shape index (κ1) is 14.6. The summed E-state index contributed by atoms with van der Waals surface area (Å²) in [5, 5.41) is 2.25. The number of nitrogens with one attached hydrogen (secondary N) is 1. The normalized spacial score (nSPS) is 11.9. The smallest absolute Gasteiger partial charge is 0.242 e. The predicted octanol–water partition coefficient (Wildman–Crippen LogP) is 3.63. The van der Waals surface area contributed by atoms with Crippen LogP contribution in [0.4, 0.5) is 0 Å². The first-order valence-corrected chi connectivity index (χ1v) is 7.13. The Hall–Kier alpha value is -1.80. The van der Waals surface area contributed by atoms with Crippen LogP contribution < -0.4 is 5.32 Å². The minimum absolute atomic E-state index is 0.147. The van der Waals surface area contributed by atoms with Crippen LogP contribution in [0.15, 0.2) is 54.6 Å².